The number of fused-ring (bicyclic) bond motifs is 1. The summed E-state index contributed by atoms with van der Waals surface area (Å²) in [5, 5.41) is 0. The van der Waals surface area contributed by atoms with Crippen LogP contribution in [0.3, 0.4) is 0 Å². The van der Waals surface area contributed by atoms with Gasteiger partial charge in [-0.15, -0.1) is 0 Å². The average Bonchev–Trinajstić information content (AvgIpc) is 3.06. The van der Waals surface area contributed by atoms with Gasteiger partial charge >= 0.3 is 5.69 Å². The van der Waals surface area contributed by atoms with E-state index in [1.165, 1.54) is 29.0 Å². The highest BCUT2D eigenvalue weighted by Gasteiger charge is 2.27. The Kier molecular flexibility index (Phi) is 5.12. The van der Waals surface area contributed by atoms with Crippen molar-refractivity contribution >= 4 is 11.2 Å². The molecule has 7 nitrogen and oxygen atoms in total. The summed E-state index contributed by atoms with van der Waals surface area (Å²) in [6.07, 6.45) is 3.54. The van der Waals surface area contributed by atoms with Crippen LogP contribution in [0.5, 0.6) is 0 Å². The van der Waals surface area contributed by atoms with Gasteiger partial charge in [0.2, 0.25) is 0 Å². The maximum Gasteiger partial charge on any atom is 0.332 e. The fourth-order valence-electron chi connectivity index (χ4n) is 4.31. The third kappa shape index (κ3) is 3.42. The van der Waals surface area contributed by atoms with E-state index < -0.39 is 11.2 Å². The molecule has 2 atom stereocenters. The number of aryl methyl sites for hydroxylation is 1. The predicted molar refractivity (Wildman–Crippen MR) is 109 cm³/mol. The van der Waals surface area contributed by atoms with Crippen LogP contribution in [-0.4, -0.2) is 31.3 Å². The molecule has 1 aromatic carbocycles. The van der Waals surface area contributed by atoms with E-state index in [9.17, 15) is 14.0 Å². The number of nitrogens with one attached hydrogen (secondary N) is 1. The molecule has 2 aromatic heterocycles. The van der Waals surface area contributed by atoms with E-state index in [-0.39, 0.29) is 12.4 Å². The summed E-state index contributed by atoms with van der Waals surface area (Å²) in [6, 6.07) is 7.06. The van der Waals surface area contributed by atoms with Crippen molar-refractivity contribution in [2.24, 2.45) is 14.1 Å². The van der Waals surface area contributed by atoms with Gasteiger partial charge in [0.25, 0.3) is 5.56 Å². The summed E-state index contributed by atoms with van der Waals surface area (Å²) in [5.74, 6) is 0.394. The molecule has 1 fully saturated rings. The third-order valence-corrected chi connectivity index (χ3v) is 6.18. The number of nitrogens with zero attached hydrogens (tertiary/aromatic N) is 4. The largest absolute Gasteiger partial charge is 0.332 e. The second-order valence-electron chi connectivity index (χ2n) is 8.07. The van der Waals surface area contributed by atoms with Crippen molar-refractivity contribution in [1.82, 2.24) is 18.7 Å². The van der Waals surface area contributed by atoms with E-state index in [2.05, 4.69) is 6.92 Å². The van der Waals surface area contributed by atoms with Gasteiger partial charge in [-0.05, 0) is 32.3 Å². The van der Waals surface area contributed by atoms with Crippen molar-refractivity contribution in [2.75, 3.05) is 6.54 Å². The lowest BCUT2D eigenvalue weighted by molar-refractivity contribution is -0.942. The second kappa shape index (κ2) is 7.59. The van der Waals surface area contributed by atoms with Crippen molar-refractivity contribution < 1.29 is 9.29 Å². The minimum absolute atomic E-state index is 0.202. The first-order chi connectivity index (χ1) is 13.9. The third-order valence-electron chi connectivity index (χ3n) is 6.18. The zero-order valence-corrected chi connectivity index (χ0v) is 17.1. The first-order valence-electron chi connectivity index (χ1n) is 10.1. The number of quaternary nitrogens is 1. The van der Waals surface area contributed by atoms with Crippen LogP contribution in [0.15, 0.2) is 33.9 Å². The maximum atomic E-state index is 14.4. The Labute approximate surface area is 168 Å². The molecule has 1 aliphatic heterocycles. The van der Waals surface area contributed by atoms with E-state index in [1.807, 2.05) is 0 Å². The molecule has 1 N–H and O–H groups in total. The number of benzene rings is 1. The number of halogens is 1. The molecule has 0 bridgehead atoms. The number of likely N-dealkylation sites (tertiary alicyclic amines) is 1. The molecule has 3 aromatic rings. The quantitative estimate of drug-likeness (QED) is 0.697. The zero-order chi connectivity index (χ0) is 20.7. The van der Waals surface area contributed by atoms with Gasteiger partial charge in [-0.1, -0.05) is 18.2 Å². The lowest BCUT2D eigenvalue weighted by atomic mass is 10.0. The van der Waals surface area contributed by atoms with Crippen molar-refractivity contribution in [2.45, 2.75) is 45.3 Å². The molecular weight excluding hydrogens is 373 g/mol. The van der Waals surface area contributed by atoms with Crippen LogP contribution in [0.25, 0.3) is 11.2 Å². The monoisotopic (exact) mass is 400 g/mol. The molecule has 1 unspecified atom stereocenters. The summed E-state index contributed by atoms with van der Waals surface area (Å²) in [5.41, 5.74) is 0.374. The average molecular weight is 400 g/mol. The van der Waals surface area contributed by atoms with E-state index in [0.29, 0.717) is 35.1 Å². The summed E-state index contributed by atoms with van der Waals surface area (Å²) in [4.78, 5) is 31.4. The Morgan fingerprint density at radius 1 is 1.17 bits per heavy atom. The van der Waals surface area contributed by atoms with Crippen LogP contribution in [0.4, 0.5) is 4.39 Å². The Hall–Kier alpha value is -2.74. The molecule has 0 aliphatic carbocycles. The molecule has 1 aliphatic rings. The maximum absolute atomic E-state index is 14.4. The Balaban J connectivity index is 1.90. The summed E-state index contributed by atoms with van der Waals surface area (Å²) in [6.45, 7) is 4.11. The smallest absolute Gasteiger partial charge is 0.326 e. The van der Waals surface area contributed by atoms with Crippen molar-refractivity contribution in [3.63, 3.8) is 0 Å². The van der Waals surface area contributed by atoms with Gasteiger partial charge in [0.15, 0.2) is 17.0 Å². The lowest BCUT2D eigenvalue weighted by Gasteiger charge is -2.30. The highest BCUT2D eigenvalue weighted by molar-refractivity contribution is 5.71. The second-order valence-corrected chi connectivity index (χ2v) is 8.07. The zero-order valence-electron chi connectivity index (χ0n) is 17.1. The molecule has 0 amide bonds. The number of imidazole rings is 1. The summed E-state index contributed by atoms with van der Waals surface area (Å²) >= 11 is 0. The normalized spacial score (nSPS) is 19.7. The molecule has 29 heavy (non-hydrogen) atoms. The van der Waals surface area contributed by atoms with Crippen LogP contribution >= 0.6 is 0 Å². The van der Waals surface area contributed by atoms with E-state index >= 15 is 0 Å². The number of piperidine rings is 1. The van der Waals surface area contributed by atoms with Crippen molar-refractivity contribution in [3.8, 4) is 0 Å². The van der Waals surface area contributed by atoms with E-state index in [0.717, 1.165) is 24.0 Å². The molecule has 8 heteroatoms. The molecule has 3 heterocycles. The van der Waals surface area contributed by atoms with Crippen molar-refractivity contribution in [3.05, 3.63) is 62.3 Å². The van der Waals surface area contributed by atoms with Crippen LogP contribution in [0.2, 0.25) is 0 Å². The minimum atomic E-state index is -0.414. The number of hydrogen-bond acceptors (Lipinski definition) is 3. The van der Waals surface area contributed by atoms with Gasteiger partial charge in [-0.2, -0.15) is 0 Å². The van der Waals surface area contributed by atoms with Crippen LogP contribution in [-0.2, 0) is 27.2 Å². The fourth-order valence-corrected chi connectivity index (χ4v) is 4.31. The standard InChI is InChI=1S/C21H26FN5O2/c1-14-8-6-7-11-26(14)13-17-23-19-18(20(28)25(3)21(29)24(19)2)27(17)12-15-9-4-5-10-16(15)22/h4-5,9-10,14H,6-8,11-13H2,1-3H3/p+1/t14-/m0/s1. The highest BCUT2D eigenvalue weighted by Crippen LogP contribution is 2.16. The van der Waals surface area contributed by atoms with Gasteiger partial charge in [-0.3, -0.25) is 13.9 Å². The first kappa shape index (κ1) is 19.6. The minimum Gasteiger partial charge on any atom is -0.326 e. The van der Waals surface area contributed by atoms with Gasteiger partial charge < -0.3 is 9.47 Å². The number of rotatable bonds is 4. The number of hydrogen-bond donors (Lipinski definition) is 1. The van der Waals surface area contributed by atoms with Crippen molar-refractivity contribution in [1.29, 1.82) is 0 Å². The van der Waals surface area contributed by atoms with Gasteiger partial charge in [0, 0.05) is 19.7 Å². The van der Waals surface area contributed by atoms with Gasteiger partial charge in [0.1, 0.15) is 12.4 Å². The predicted octanol–water partition coefficient (Wildman–Crippen LogP) is 0.578. The SMILES string of the molecule is C[C@H]1CCCC[NH+]1Cc1nc2c(c(=O)n(C)c(=O)n2C)n1Cc1ccccc1F. The van der Waals surface area contributed by atoms with Crippen LogP contribution in [0.1, 0.15) is 37.6 Å². The molecule has 1 saturated heterocycles. The van der Waals surface area contributed by atoms with E-state index in [4.69, 9.17) is 4.98 Å². The first-order valence-corrected chi connectivity index (χ1v) is 10.1. The fraction of sp³-hybridized carbons (Fsp3) is 0.476. The summed E-state index contributed by atoms with van der Waals surface area (Å²) < 4.78 is 18.7. The molecular formula is C21H27FN5O2+. The van der Waals surface area contributed by atoms with Gasteiger partial charge in [-0.25, -0.2) is 14.2 Å². The van der Waals surface area contributed by atoms with Crippen LogP contribution < -0.4 is 16.1 Å². The van der Waals surface area contributed by atoms with Gasteiger partial charge in [0.05, 0.1) is 19.1 Å². The summed E-state index contributed by atoms with van der Waals surface area (Å²) in [7, 11) is 3.08. The highest BCUT2D eigenvalue weighted by atomic mass is 19.1. The Bertz CT molecular complexity index is 1180. The topological polar surface area (TPSA) is 66.3 Å². The molecule has 4 rings (SSSR count). The molecule has 0 radical (unpaired) electrons. The molecule has 0 saturated carbocycles. The Morgan fingerprint density at radius 3 is 2.66 bits per heavy atom. The molecule has 0 spiro atoms. The lowest BCUT2D eigenvalue weighted by Crippen LogP contribution is -3.15. The van der Waals surface area contributed by atoms with E-state index in [1.54, 1.807) is 29.8 Å². The number of aromatic nitrogens is 4. The molecule has 154 valence electrons. The van der Waals surface area contributed by atoms with Crippen LogP contribution in [0, 0.1) is 5.82 Å². The Morgan fingerprint density at radius 2 is 1.93 bits per heavy atom.